The van der Waals surface area contributed by atoms with Crippen LogP contribution in [0, 0.1) is 0 Å². The third-order valence-corrected chi connectivity index (χ3v) is 5.71. The summed E-state index contributed by atoms with van der Waals surface area (Å²) in [5, 5.41) is 5.26. The number of fused-ring (bicyclic) bond motifs is 6. The van der Waals surface area contributed by atoms with Crippen LogP contribution in [0.5, 0.6) is 0 Å². The molecule has 2 heterocycles. The normalized spacial score (nSPS) is 10.7. The van der Waals surface area contributed by atoms with Crippen molar-refractivity contribution >= 4 is 91.4 Å². The Balaban J connectivity index is 0.000000134. The van der Waals surface area contributed by atoms with Gasteiger partial charge in [0, 0.05) is 43.6 Å². The fourth-order valence-corrected chi connectivity index (χ4v) is 4.47. The van der Waals surface area contributed by atoms with Gasteiger partial charge in [0.1, 0.15) is 0 Å². The fraction of sp³-hybridized carbons (Fsp3) is 0.0769. The van der Waals surface area contributed by atoms with E-state index in [2.05, 4.69) is 154 Å². The van der Waals surface area contributed by atoms with Crippen molar-refractivity contribution in [3.63, 3.8) is 0 Å². The van der Waals surface area contributed by atoms with Crippen molar-refractivity contribution in [2.75, 3.05) is 4.24 Å². The Hall–Kier alpha value is -2.08. The fourth-order valence-electron chi connectivity index (χ4n) is 3.93. The van der Waals surface area contributed by atoms with Gasteiger partial charge < -0.3 is 9.55 Å². The van der Waals surface area contributed by atoms with E-state index in [-0.39, 0.29) is 0 Å². The molecule has 2 aromatic heterocycles. The summed E-state index contributed by atoms with van der Waals surface area (Å²) in [6, 6.07) is 33.8. The van der Waals surface area contributed by atoms with E-state index in [1.165, 1.54) is 43.6 Å². The molecule has 0 bridgehead atoms. The van der Waals surface area contributed by atoms with Gasteiger partial charge in [-0.15, -0.1) is 0 Å². The molecule has 0 spiro atoms. The molecule has 0 saturated heterocycles. The van der Waals surface area contributed by atoms with E-state index in [1.807, 2.05) is 0 Å². The van der Waals surface area contributed by atoms with Crippen molar-refractivity contribution in [2.24, 2.45) is 0 Å². The second-order valence-corrected chi connectivity index (χ2v) is 10.0. The van der Waals surface area contributed by atoms with E-state index in [0.29, 0.717) is 0 Å². The second kappa shape index (κ2) is 10.5. The summed E-state index contributed by atoms with van der Waals surface area (Å²) in [5.41, 5.74) is 5.83. The lowest BCUT2D eigenvalue weighted by molar-refractivity contribution is 0.999. The van der Waals surface area contributed by atoms with Crippen molar-refractivity contribution in [2.45, 2.75) is 5.45 Å². The summed E-state index contributed by atoms with van der Waals surface area (Å²) in [5.74, 6) is 0. The first-order valence-electron chi connectivity index (χ1n) is 9.87. The predicted molar refractivity (Wildman–Crippen MR) is 147 cm³/mol. The molecule has 0 aliphatic heterocycles. The maximum Gasteiger partial charge on any atom is 0.0785 e. The molecule has 6 aromatic rings. The minimum Gasteiger partial charge on any atom is -0.355 e. The van der Waals surface area contributed by atoms with Crippen molar-refractivity contribution in [3.05, 3.63) is 97.1 Å². The molecule has 0 saturated carbocycles. The molecule has 0 unspecified atom stereocenters. The van der Waals surface area contributed by atoms with Gasteiger partial charge >= 0.3 is 0 Å². The highest BCUT2D eigenvalue weighted by Crippen LogP contribution is 2.29. The Labute approximate surface area is 206 Å². The van der Waals surface area contributed by atoms with Crippen LogP contribution < -0.4 is 0 Å². The van der Waals surface area contributed by atoms with E-state index in [1.54, 1.807) is 0 Å². The maximum absolute atomic E-state index is 3.54. The smallest absolute Gasteiger partial charge is 0.0785 e. The molecule has 156 valence electrons. The van der Waals surface area contributed by atoms with Crippen molar-refractivity contribution in [1.29, 1.82) is 0 Å². The summed E-state index contributed by atoms with van der Waals surface area (Å²) in [7, 11) is 0. The molecule has 4 aromatic carbocycles. The highest BCUT2D eigenvalue weighted by molar-refractivity contribution is 9.24. The molecule has 0 radical (unpaired) electrons. The lowest BCUT2D eigenvalue weighted by atomic mass is 10.2. The SMILES string of the molecule is BrCBr.BrCn1c2ccccc2c2ccccc21.c1ccc2c(c1)[nH]c1ccccc12. The topological polar surface area (TPSA) is 20.7 Å². The number of benzene rings is 4. The first-order chi connectivity index (χ1) is 15.3. The molecule has 0 aliphatic rings. The number of hydrogen-bond acceptors (Lipinski definition) is 0. The molecule has 5 heteroatoms. The predicted octanol–water partition coefficient (Wildman–Crippen LogP) is 9.20. The van der Waals surface area contributed by atoms with Crippen LogP contribution in [-0.4, -0.2) is 13.8 Å². The van der Waals surface area contributed by atoms with E-state index < -0.39 is 0 Å². The van der Waals surface area contributed by atoms with Gasteiger partial charge in [-0.25, -0.2) is 0 Å². The van der Waals surface area contributed by atoms with Crippen molar-refractivity contribution < 1.29 is 0 Å². The molecule has 31 heavy (non-hydrogen) atoms. The number of alkyl halides is 3. The number of nitrogens with zero attached hydrogens (tertiary/aromatic N) is 1. The molecule has 0 fully saturated rings. The number of rotatable bonds is 1. The number of H-pyrrole nitrogens is 1. The number of aromatic amines is 1. The molecular weight excluding hydrogens is 580 g/mol. The van der Waals surface area contributed by atoms with Crippen molar-refractivity contribution in [3.8, 4) is 0 Å². The third kappa shape index (κ3) is 4.59. The van der Waals surface area contributed by atoms with Gasteiger partial charge in [0.15, 0.2) is 0 Å². The Morgan fingerprint density at radius 3 is 1.29 bits per heavy atom. The average Bonchev–Trinajstić information content (AvgIpc) is 3.36. The number of halogens is 3. The van der Waals surface area contributed by atoms with Crippen LogP contribution in [0.25, 0.3) is 43.6 Å². The minimum absolute atomic E-state index is 0.834. The van der Waals surface area contributed by atoms with Gasteiger partial charge in [0.25, 0.3) is 0 Å². The summed E-state index contributed by atoms with van der Waals surface area (Å²) in [6.45, 7) is 0. The zero-order chi connectivity index (χ0) is 21.6. The summed E-state index contributed by atoms with van der Waals surface area (Å²) in [4.78, 5) is 3.38. The maximum atomic E-state index is 3.54. The minimum atomic E-state index is 0.834. The van der Waals surface area contributed by atoms with Gasteiger partial charge in [-0.3, -0.25) is 0 Å². The Bertz CT molecular complexity index is 1330. The highest BCUT2D eigenvalue weighted by atomic mass is 79.9. The lowest BCUT2D eigenvalue weighted by Gasteiger charge is -2.00. The Morgan fingerprint density at radius 2 is 0.871 bits per heavy atom. The molecular formula is C26H21Br3N2. The summed E-state index contributed by atoms with van der Waals surface area (Å²) in [6.07, 6.45) is 0. The van der Waals surface area contributed by atoms with E-state index in [0.717, 1.165) is 9.69 Å². The zero-order valence-corrected chi connectivity index (χ0v) is 21.5. The molecule has 0 aliphatic carbocycles. The van der Waals surface area contributed by atoms with Gasteiger partial charge in [-0.05, 0) is 24.3 Å². The van der Waals surface area contributed by atoms with Gasteiger partial charge in [0.2, 0.25) is 0 Å². The average molecular weight is 601 g/mol. The molecule has 6 rings (SSSR count). The number of hydrogen-bond donors (Lipinski definition) is 1. The van der Waals surface area contributed by atoms with Crippen molar-refractivity contribution in [1.82, 2.24) is 9.55 Å². The molecule has 1 N–H and O–H groups in total. The van der Waals surface area contributed by atoms with Crippen LogP contribution >= 0.6 is 47.8 Å². The first kappa shape index (κ1) is 22.1. The number of aromatic nitrogens is 2. The first-order valence-corrected chi connectivity index (χ1v) is 13.2. The number of nitrogens with one attached hydrogen (secondary N) is 1. The van der Waals surface area contributed by atoms with Gasteiger partial charge in [0.05, 0.1) is 9.69 Å². The van der Waals surface area contributed by atoms with E-state index in [9.17, 15) is 0 Å². The van der Waals surface area contributed by atoms with E-state index in [4.69, 9.17) is 0 Å². The lowest BCUT2D eigenvalue weighted by Crippen LogP contribution is -1.89. The standard InChI is InChI=1S/C13H10BrN.C12H9N.CH2Br2/c14-9-15-12-7-3-1-5-10(12)11-6-2-4-8-13(11)15;1-3-7-11-9(5-1)10-6-2-4-8-12(10)13-11;2-1-3/h1-8H,9H2;1-8,13H;1H2. The van der Waals surface area contributed by atoms with Crippen LogP contribution in [0.2, 0.25) is 0 Å². The zero-order valence-electron chi connectivity index (χ0n) is 16.7. The van der Waals surface area contributed by atoms with E-state index >= 15 is 0 Å². The molecule has 2 nitrogen and oxygen atoms in total. The third-order valence-electron chi connectivity index (χ3n) is 5.21. The van der Waals surface area contributed by atoms with Crippen LogP contribution in [0.1, 0.15) is 0 Å². The second-order valence-electron chi connectivity index (χ2n) is 6.90. The molecule has 0 atom stereocenters. The molecule has 0 amide bonds. The van der Waals surface area contributed by atoms with Crippen LogP contribution in [0.3, 0.4) is 0 Å². The Kier molecular flexibility index (Phi) is 7.49. The summed E-state index contributed by atoms with van der Waals surface area (Å²) >= 11 is 9.67. The van der Waals surface area contributed by atoms with Crippen LogP contribution in [-0.2, 0) is 5.45 Å². The monoisotopic (exact) mass is 598 g/mol. The quantitative estimate of drug-likeness (QED) is 0.182. The number of para-hydroxylation sites is 4. The highest BCUT2D eigenvalue weighted by Gasteiger charge is 2.07. The van der Waals surface area contributed by atoms with Gasteiger partial charge in [-0.1, -0.05) is 121 Å². The summed E-state index contributed by atoms with van der Waals surface area (Å²) < 4.78 is 3.16. The Morgan fingerprint density at radius 1 is 0.516 bits per heavy atom. The van der Waals surface area contributed by atoms with Crippen LogP contribution in [0.4, 0.5) is 0 Å². The largest absolute Gasteiger partial charge is 0.355 e. The van der Waals surface area contributed by atoms with Gasteiger partial charge in [-0.2, -0.15) is 0 Å². The van der Waals surface area contributed by atoms with Crippen LogP contribution in [0.15, 0.2) is 97.1 Å².